The lowest BCUT2D eigenvalue weighted by molar-refractivity contribution is -0.117. The van der Waals surface area contributed by atoms with Gasteiger partial charge in [-0.1, -0.05) is 0 Å². The van der Waals surface area contributed by atoms with E-state index in [9.17, 15) is 23.0 Å². The minimum absolute atomic E-state index is 0.131. The molecular weight excluding hydrogens is 457 g/mol. The molecule has 0 saturated carbocycles. The van der Waals surface area contributed by atoms with Crippen molar-refractivity contribution in [3.05, 3.63) is 52.1 Å². The van der Waals surface area contributed by atoms with Gasteiger partial charge in [-0.25, -0.2) is 4.39 Å². The topological polar surface area (TPSA) is 97.3 Å². The van der Waals surface area contributed by atoms with Crippen LogP contribution >= 0.6 is 0 Å². The minimum atomic E-state index is -2.26. The lowest BCUT2D eigenvalue weighted by Gasteiger charge is -2.38. The van der Waals surface area contributed by atoms with Gasteiger partial charge < -0.3 is 15.2 Å². The normalized spacial score (nSPS) is 21.7. The van der Waals surface area contributed by atoms with Crippen LogP contribution in [0.25, 0.3) is 0 Å². The molecular formula is C25H32FN3O4S. The van der Waals surface area contributed by atoms with Gasteiger partial charge in [-0.15, -0.1) is 0 Å². The molecule has 0 bridgehead atoms. The third-order valence-corrected chi connectivity index (χ3v) is 9.95. The summed E-state index contributed by atoms with van der Waals surface area (Å²) in [6.07, 6.45) is 0.949. The molecule has 1 saturated heterocycles. The fourth-order valence-corrected chi connectivity index (χ4v) is 6.21. The molecule has 1 aliphatic rings. The van der Waals surface area contributed by atoms with Crippen molar-refractivity contribution in [2.45, 2.75) is 58.2 Å². The highest BCUT2D eigenvalue weighted by Gasteiger charge is 2.38. The predicted molar refractivity (Wildman–Crippen MR) is 134 cm³/mol. The van der Waals surface area contributed by atoms with Gasteiger partial charge in [-0.05, 0) is 92.2 Å². The molecule has 1 aromatic heterocycles. The zero-order chi connectivity index (χ0) is 25.6. The molecule has 7 nitrogen and oxygen atoms in total. The van der Waals surface area contributed by atoms with Gasteiger partial charge in [-0.3, -0.25) is 18.6 Å². The number of Topliss-reactive ketones (excluding diaryl/α,β-unsaturated/α-hetero) is 1. The molecule has 1 aliphatic heterocycles. The average Bonchev–Trinajstić information content (AvgIpc) is 2.95. The molecule has 0 radical (unpaired) electrons. The number of nitrogens with one attached hydrogen (secondary N) is 2. The number of aromatic nitrogens is 1. The highest BCUT2D eigenvalue weighted by Crippen LogP contribution is 2.30. The van der Waals surface area contributed by atoms with E-state index in [2.05, 4.69) is 16.5 Å². The van der Waals surface area contributed by atoms with E-state index < -0.39 is 31.9 Å². The molecule has 1 aromatic carbocycles. The second-order valence-electron chi connectivity index (χ2n) is 9.68. The summed E-state index contributed by atoms with van der Waals surface area (Å²) in [7, 11) is -0.636. The number of carbonyl (C=O) groups excluding carboxylic acids is 3. The largest absolute Gasteiger partial charge is 0.346 e. The fraction of sp³-hybridized carbons (Fsp3) is 0.440. The Bertz CT molecular complexity index is 1290. The number of carbonyl (C=O) groups is 3. The van der Waals surface area contributed by atoms with Crippen molar-refractivity contribution >= 4 is 38.7 Å². The summed E-state index contributed by atoms with van der Waals surface area (Å²) >= 11 is 0. The van der Waals surface area contributed by atoms with Gasteiger partial charge in [-0.2, -0.15) is 0 Å². The molecule has 2 N–H and O–H groups in total. The number of benzene rings is 1. The van der Waals surface area contributed by atoms with Crippen LogP contribution in [0.1, 0.15) is 64.4 Å². The first-order chi connectivity index (χ1) is 15.7. The monoisotopic (exact) mass is 489 g/mol. The van der Waals surface area contributed by atoms with E-state index in [0.717, 1.165) is 0 Å². The van der Waals surface area contributed by atoms with Crippen LogP contribution in [-0.4, -0.2) is 48.8 Å². The molecule has 2 amide bonds. The van der Waals surface area contributed by atoms with Crippen molar-refractivity contribution in [2.24, 2.45) is 7.05 Å². The van der Waals surface area contributed by atoms with Crippen molar-refractivity contribution in [1.29, 1.82) is 0 Å². The summed E-state index contributed by atoms with van der Waals surface area (Å²) in [6.45, 7) is 8.64. The molecule has 34 heavy (non-hydrogen) atoms. The number of halogens is 1. The number of nitrogens with zero attached hydrogens (tertiary/aromatic N) is 1. The highest BCUT2D eigenvalue weighted by atomic mass is 32.2. The predicted octanol–water partition coefficient (Wildman–Crippen LogP) is 3.30. The Kier molecular flexibility index (Phi) is 6.81. The van der Waals surface area contributed by atoms with E-state index in [1.807, 2.05) is 13.8 Å². The Morgan fingerprint density at radius 2 is 1.85 bits per heavy atom. The number of hydrogen-bond acceptors (Lipinski definition) is 4. The zero-order valence-corrected chi connectivity index (χ0v) is 21.3. The summed E-state index contributed by atoms with van der Waals surface area (Å²) in [5.74, 6) is 1.92. The smallest absolute Gasteiger partial charge is 0.294 e. The molecule has 2 atom stereocenters. The number of hydrogen-bond donors (Lipinski definition) is 2. The molecule has 184 valence electrons. The van der Waals surface area contributed by atoms with Gasteiger partial charge in [0.2, 0.25) is 0 Å². The fourth-order valence-electron chi connectivity index (χ4n) is 4.49. The molecule has 2 aromatic rings. The second-order valence-corrected chi connectivity index (χ2v) is 12.8. The van der Waals surface area contributed by atoms with E-state index in [0.29, 0.717) is 41.1 Å². The van der Waals surface area contributed by atoms with E-state index in [1.165, 1.54) is 22.8 Å². The Morgan fingerprint density at radius 3 is 2.44 bits per heavy atom. The van der Waals surface area contributed by atoms with Gasteiger partial charge in [0.25, 0.3) is 17.6 Å². The summed E-state index contributed by atoms with van der Waals surface area (Å²) in [5, 5.41) is 5.52. The van der Waals surface area contributed by atoms with E-state index in [4.69, 9.17) is 0 Å². The van der Waals surface area contributed by atoms with Gasteiger partial charge in [0.15, 0.2) is 0 Å². The Labute approximate surface area is 200 Å². The average molecular weight is 490 g/mol. The van der Waals surface area contributed by atoms with Gasteiger partial charge in [0.1, 0.15) is 5.82 Å². The molecule has 3 rings (SSSR count). The van der Waals surface area contributed by atoms with Crippen molar-refractivity contribution in [2.75, 3.05) is 11.1 Å². The highest BCUT2D eigenvalue weighted by molar-refractivity contribution is 8.01. The minimum Gasteiger partial charge on any atom is -0.346 e. The van der Waals surface area contributed by atoms with Crippen molar-refractivity contribution in [3.63, 3.8) is 0 Å². The molecule has 9 heteroatoms. The van der Waals surface area contributed by atoms with Crippen LogP contribution in [0.5, 0.6) is 0 Å². The van der Waals surface area contributed by atoms with Crippen LogP contribution in [0.4, 0.5) is 10.1 Å². The van der Waals surface area contributed by atoms with Gasteiger partial charge >= 0.3 is 0 Å². The van der Waals surface area contributed by atoms with Gasteiger partial charge in [0.05, 0.1) is 11.3 Å². The quantitative estimate of drug-likeness (QED) is 0.383. The van der Waals surface area contributed by atoms with Crippen LogP contribution in [-0.2, 0) is 21.4 Å². The number of anilines is 1. The van der Waals surface area contributed by atoms with Crippen molar-refractivity contribution < 1.29 is 23.0 Å². The van der Waals surface area contributed by atoms with Crippen LogP contribution in [0.3, 0.4) is 0 Å². The van der Waals surface area contributed by atoms with Crippen LogP contribution in [0, 0.1) is 26.6 Å². The maximum Gasteiger partial charge on any atom is 0.294 e. The molecule has 0 spiro atoms. The van der Waals surface area contributed by atoms with E-state index in [-0.39, 0.29) is 23.1 Å². The number of amides is 2. The molecule has 2 unspecified atom stereocenters. The van der Waals surface area contributed by atoms with Crippen molar-refractivity contribution in [1.82, 2.24) is 9.88 Å². The second kappa shape index (κ2) is 9.02. The summed E-state index contributed by atoms with van der Waals surface area (Å²) in [6, 6.07) is 3.97. The molecule has 2 heterocycles. The maximum absolute atomic E-state index is 13.5. The number of rotatable bonds is 5. The Hall–Kier alpha value is -2.94. The van der Waals surface area contributed by atoms with Crippen LogP contribution in [0.15, 0.2) is 18.2 Å². The third kappa shape index (κ3) is 4.66. The lowest BCUT2D eigenvalue weighted by Crippen LogP contribution is -2.50. The summed E-state index contributed by atoms with van der Waals surface area (Å²) in [4.78, 5) is 38.9. The van der Waals surface area contributed by atoms with Gasteiger partial charge in [0, 0.05) is 35.0 Å². The Morgan fingerprint density at radius 1 is 1.21 bits per heavy atom. The Balaban J connectivity index is 1.81. The first-order valence-electron chi connectivity index (χ1n) is 11.1. The number of aryl methyl sites for hydroxylation is 1. The maximum atomic E-state index is 13.5. The van der Waals surface area contributed by atoms with Crippen LogP contribution < -0.4 is 10.6 Å². The number of ketones is 1. The molecule has 0 aliphatic carbocycles. The standard InChI is InChI=1S/C25H32FN3O4S/c1-14-12-17(8-9-19(14)26)27-23(31)20-15(2)21(29(6)16(20)3)22(30)24(32)28-18-10-11-34(7,33)25(4,5)13-18/h8-9,12,18H,7,10-11,13H2,1-6H3,(H,27,31)(H,28,32). The summed E-state index contributed by atoms with van der Waals surface area (Å²) < 4.78 is 27.2. The van der Waals surface area contributed by atoms with E-state index in [1.54, 1.807) is 27.8 Å². The third-order valence-electron chi connectivity index (χ3n) is 6.87. The van der Waals surface area contributed by atoms with E-state index >= 15 is 0 Å². The van der Waals surface area contributed by atoms with Crippen molar-refractivity contribution in [3.8, 4) is 0 Å². The SMILES string of the molecule is C=S1(=O)CCC(NC(=O)C(=O)c2c(C)c(C(=O)Nc3ccc(F)c(C)c3)c(C)n2C)CC1(C)C. The first-order valence-corrected chi connectivity index (χ1v) is 13.0. The first kappa shape index (κ1) is 25.7. The zero-order valence-electron chi connectivity index (χ0n) is 20.5. The lowest BCUT2D eigenvalue weighted by atomic mass is 9.99. The van der Waals surface area contributed by atoms with Crippen LogP contribution in [0.2, 0.25) is 0 Å². The molecule has 1 fully saturated rings. The summed E-state index contributed by atoms with van der Waals surface area (Å²) in [5.41, 5.74) is 2.16.